The maximum Gasteiger partial charge on any atom is 0.317 e. The fourth-order valence-corrected chi connectivity index (χ4v) is 4.28. The molecule has 170 valence electrons. The number of nitrogens with one attached hydrogen (secondary N) is 1. The molecule has 0 unspecified atom stereocenters. The summed E-state index contributed by atoms with van der Waals surface area (Å²) in [6, 6.07) is 4.84. The van der Waals surface area contributed by atoms with E-state index in [9.17, 15) is 19.3 Å². The Labute approximate surface area is 185 Å². The number of rotatable bonds is 7. The summed E-state index contributed by atoms with van der Waals surface area (Å²) in [6.07, 6.45) is 7.48. The molecule has 2 aliphatic heterocycles. The van der Waals surface area contributed by atoms with Crippen LogP contribution in [0.5, 0.6) is 11.5 Å². The van der Waals surface area contributed by atoms with Gasteiger partial charge in [0.25, 0.3) is 5.69 Å². The van der Waals surface area contributed by atoms with Gasteiger partial charge in [-0.2, -0.15) is 0 Å². The summed E-state index contributed by atoms with van der Waals surface area (Å²) < 4.78 is 19.9. The highest BCUT2D eigenvalue weighted by molar-refractivity contribution is 5.75. The van der Waals surface area contributed by atoms with Crippen molar-refractivity contribution in [2.24, 2.45) is 0 Å². The van der Waals surface area contributed by atoms with Crippen molar-refractivity contribution in [1.29, 1.82) is 0 Å². The lowest BCUT2D eigenvalue weighted by Crippen LogP contribution is -2.46. The van der Waals surface area contributed by atoms with Crippen LogP contribution in [0, 0.1) is 15.9 Å². The van der Waals surface area contributed by atoms with Crippen LogP contribution in [-0.4, -0.2) is 58.0 Å². The molecule has 0 radical (unpaired) electrons. The highest BCUT2D eigenvalue weighted by atomic mass is 19.1. The van der Waals surface area contributed by atoms with Crippen LogP contribution in [0.15, 0.2) is 36.7 Å². The second-order valence-electron chi connectivity index (χ2n) is 8.11. The number of halogens is 1. The van der Waals surface area contributed by atoms with Gasteiger partial charge in [0, 0.05) is 49.7 Å². The number of hydrogen-bond donors (Lipinski definition) is 1. The summed E-state index contributed by atoms with van der Waals surface area (Å²) in [4.78, 5) is 31.3. The molecule has 10 heteroatoms. The van der Waals surface area contributed by atoms with Crippen molar-refractivity contribution in [2.45, 2.75) is 38.3 Å². The summed E-state index contributed by atoms with van der Waals surface area (Å²) in [5, 5.41) is 13.7. The van der Waals surface area contributed by atoms with Gasteiger partial charge in [-0.15, -0.1) is 0 Å². The minimum atomic E-state index is -0.840. The molecule has 3 heterocycles. The van der Waals surface area contributed by atoms with E-state index in [1.165, 1.54) is 31.2 Å². The molecule has 9 nitrogen and oxygen atoms in total. The van der Waals surface area contributed by atoms with Crippen LogP contribution in [0.4, 0.5) is 14.9 Å². The topological polar surface area (TPSA) is 101 Å². The van der Waals surface area contributed by atoms with Gasteiger partial charge >= 0.3 is 6.03 Å². The molecule has 2 saturated heterocycles. The van der Waals surface area contributed by atoms with Crippen molar-refractivity contribution >= 4 is 11.7 Å². The molecular formula is C22H26FN5O4. The molecule has 0 bridgehead atoms. The fraction of sp³-hybridized carbons (Fsp3) is 0.455. The number of ether oxygens (including phenoxy) is 1. The first-order valence-electron chi connectivity index (χ1n) is 10.8. The molecule has 2 aromatic rings. The summed E-state index contributed by atoms with van der Waals surface area (Å²) in [5.41, 5.74) is 0.222. The Kier molecular flexibility index (Phi) is 6.79. The molecule has 1 aromatic heterocycles. The number of nitro groups is 1. The third kappa shape index (κ3) is 5.13. The molecule has 2 aliphatic rings. The zero-order valence-electron chi connectivity index (χ0n) is 17.7. The molecule has 1 N–H and O–H groups in total. The number of carbonyl (C=O) groups is 1. The number of nitro benzene ring substituents is 1. The number of carbonyl (C=O) groups excluding carboxylic acids is 1. The van der Waals surface area contributed by atoms with E-state index in [1.54, 1.807) is 12.3 Å². The maximum absolute atomic E-state index is 14.2. The number of amides is 2. The zero-order valence-corrected chi connectivity index (χ0v) is 17.7. The fourth-order valence-electron chi connectivity index (χ4n) is 4.28. The molecule has 1 aromatic carbocycles. The van der Waals surface area contributed by atoms with Gasteiger partial charge in [-0.3, -0.25) is 15.1 Å². The smallest absolute Gasteiger partial charge is 0.317 e. The first kappa shape index (κ1) is 21.9. The number of non-ortho nitro benzene ring substituents is 1. The number of aromatic nitrogens is 1. The van der Waals surface area contributed by atoms with E-state index in [0.717, 1.165) is 45.1 Å². The molecule has 1 atom stereocenters. The van der Waals surface area contributed by atoms with Crippen molar-refractivity contribution in [1.82, 2.24) is 20.1 Å². The second kappa shape index (κ2) is 9.90. The van der Waals surface area contributed by atoms with Crippen LogP contribution in [0.3, 0.4) is 0 Å². The van der Waals surface area contributed by atoms with Gasteiger partial charge in [0.05, 0.1) is 11.0 Å². The van der Waals surface area contributed by atoms with Gasteiger partial charge < -0.3 is 19.9 Å². The summed E-state index contributed by atoms with van der Waals surface area (Å²) in [6.45, 7) is 4.01. The second-order valence-corrected chi connectivity index (χ2v) is 8.11. The molecular weight excluding hydrogens is 417 g/mol. The Bertz CT molecular complexity index is 983. The molecule has 2 amide bonds. The van der Waals surface area contributed by atoms with Crippen LogP contribution in [0.2, 0.25) is 0 Å². The van der Waals surface area contributed by atoms with Gasteiger partial charge in [0.15, 0.2) is 11.6 Å². The predicted octanol–water partition coefficient (Wildman–Crippen LogP) is 3.69. The van der Waals surface area contributed by atoms with E-state index < -0.39 is 10.7 Å². The highest BCUT2D eigenvalue weighted by Gasteiger charge is 2.30. The first-order chi connectivity index (χ1) is 15.5. The van der Waals surface area contributed by atoms with Crippen molar-refractivity contribution in [2.75, 3.05) is 26.2 Å². The van der Waals surface area contributed by atoms with E-state index in [0.29, 0.717) is 11.3 Å². The number of nitrogens with zero attached hydrogens (tertiary/aromatic N) is 4. The van der Waals surface area contributed by atoms with Crippen LogP contribution < -0.4 is 10.1 Å². The predicted molar refractivity (Wildman–Crippen MR) is 115 cm³/mol. The van der Waals surface area contributed by atoms with Crippen molar-refractivity contribution < 1.29 is 18.8 Å². The summed E-state index contributed by atoms with van der Waals surface area (Å²) in [7, 11) is 0. The lowest BCUT2D eigenvalue weighted by molar-refractivity contribution is -0.385. The van der Waals surface area contributed by atoms with Crippen molar-refractivity contribution in [3.05, 3.63) is 58.2 Å². The Hall–Kier alpha value is -3.27. The Morgan fingerprint density at radius 3 is 2.78 bits per heavy atom. The van der Waals surface area contributed by atoms with Crippen molar-refractivity contribution in [3.8, 4) is 11.5 Å². The average molecular weight is 443 g/mol. The van der Waals surface area contributed by atoms with Crippen LogP contribution >= 0.6 is 0 Å². The van der Waals surface area contributed by atoms with Crippen LogP contribution in [-0.2, 0) is 6.54 Å². The molecule has 0 aliphatic carbocycles. The van der Waals surface area contributed by atoms with E-state index >= 15 is 0 Å². The number of likely N-dealkylation sites (tertiary alicyclic amines) is 2. The Morgan fingerprint density at radius 1 is 1.22 bits per heavy atom. The largest absolute Gasteiger partial charge is 0.454 e. The maximum atomic E-state index is 14.2. The third-order valence-corrected chi connectivity index (χ3v) is 5.94. The number of pyridine rings is 1. The molecule has 32 heavy (non-hydrogen) atoms. The Balaban J connectivity index is 1.39. The lowest BCUT2D eigenvalue weighted by atomic mass is 10.2. The minimum absolute atomic E-state index is 0.136. The third-order valence-electron chi connectivity index (χ3n) is 5.94. The van der Waals surface area contributed by atoms with Gasteiger partial charge in [0.2, 0.25) is 0 Å². The number of urea groups is 1. The van der Waals surface area contributed by atoms with Gasteiger partial charge in [-0.25, -0.2) is 9.18 Å². The molecule has 4 rings (SSSR count). The number of benzene rings is 1. The Morgan fingerprint density at radius 2 is 2.03 bits per heavy atom. The van der Waals surface area contributed by atoms with Crippen LogP contribution in [0.25, 0.3) is 0 Å². The SMILES string of the molecule is O=C(NCc1cnccc1Oc1ccc([N+](=O)[O-])cc1F)N1CCC[C@H]1CN1CCCC1. The van der Waals surface area contributed by atoms with Crippen molar-refractivity contribution in [3.63, 3.8) is 0 Å². The molecule has 0 spiro atoms. The molecule has 0 saturated carbocycles. The normalized spacial score (nSPS) is 18.7. The van der Waals surface area contributed by atoms with E-state index in [-0.39, 0.29) is 30.1 Å². The van der Waals surface area contributed by atoms with Crippen LogP contribution in [0.1, 0.15) is 31.2 Å². The highest BCUT2D eigenvalue weighted by Crippen LogP contribution is 2.29. The first-order valence-corrected chi connectivity index (χ1v) is 10.8. The van der Waals surface area contributed by atoms with Gasteiger partial charge in [-0.1, -0.05) is 0 Å². The van der Waals surface area contributed by atoms with E-state index in [2.05, 4.69) is 15.2 Å². The summed E-state index contributed by atoms with van der Waals surface area (Å²) in [5.74, 6) is -0.657. The number of hydrogen-bond acceptors (Lipinski definition) is 6. The van der Waals surface area contributed by atoms with Gasteiger partial charge in [0.1, 0.15) is 5.75 Å². The van der Waals surface area contributed by atoms with Gasteiger partial charge in [-0.05, 0) is 50.9 Å². The van der Waals surface area contributed by atoms with E-state index in [1.807, 2.05) is 4.90 Å². The molecule has 2 fully saturated rings. The van der Waals surface area contributed by atoms with E-state index in [4.69, 9.17) is 4.74 Å². The standard InChI is InChI=1S/C22H26FN5O4/c23-19-12-17(28(30)31)5-6-21(19)32-20-7-8-24-13-16(20)14-25-22(29)27-11-3-4-18(27)15-26-9-1-2-10-26/h5-8,12-13,18H,1-4,9-11,14-15H2,(H,25,29)/t18-/m0/s1. The quantitative estimate of drug-likeness (QED) is 0.517. The summed E-state index contributed by atoms with van der Waals surface area (Å²) >= 11 is 0. The average Bonchev–Trinajstić information content (AvgIpc) is 3.47. The lowest BCUT2D eigenvalue weighted by Gasteiger charge is -2.28. The minimum Gasteiger partial charge on any atom is -0.454 e. The monoisotopic (exact) mass is 443 g/mol. The zero-order chi connectivity index (χ0) is 22.5.